The Labute approximate surface area is 49.9 Å². The highest BCUT2D eigenvalue weighted by Gasteiger charge is 1.91. The lowest BCUT2D eigenvalue weighted by Crippen LogP contribution is -2.01. The highest BCUT2D eigenvalue weighted by molar-refractivity contribution is 5.22. The first kappa shape index (κ1) is 5.57. The lowest BCUT2D eigenvalue weighted by atomic mass is 10.1. The van der Waals surface area contributed by atoms with Crippen molar-refractivity contribution in [2.75, 3.05) is 6.54 Å². The van der Waals surface area contributed by atoms with Gasteiger partial charge in [0.1, 0.15) is 0 Å². The first-order valence-corrected chi connectivity index (χ1v) is 2.99. The molecule has 0 aliphatic heterocycles. The van der Waals surface area contributed by atoms with Crippen LogP contribution in [0.4, 0.5) is 0 Å². The van der Waals surface area contributed by atoms with Crippen molar-refractivity contribution < 1.29 is 0 Å². The van der Waals surface area contributed by atoms with Gasteiger partial charge in [-0.1, -0.05) is 18.2 Å². The molecule has 0 amide bonds. The van der Waals surface area contributed by atoms with Crippen LogP contribution in [0.25, 0.3) is 0 Å². The topological polar surface area (TPSA) is 26.0 Å². The zero-order valence-electron chi connectivity index (χ0n) is 4.93. The molecule has 0 radical (unpaired) electrons. The molecule has 2 N–H and O–H groups in total. The summed E-state index contributed by atoms with van der Waals surface area (Å²) in [6.07, 6.45) is 8.82. The van der Waals surface area contributed by atoms with E-state index in [1.165, 1.54) is 18.4 Å². The van der Waals surface area contributed by atoms with Crippen molar-refractivity contribution in [3.05, 3.63) is 23.8 Å². The molecule has 0 saturated heterocycles. The summed E-state index contributed by atoms with van der Waals surface area (Å²) in [7, 11) is 0. The van der Waals surface area contributed by atoms with Crippen molar-refractivity contribution in [1.29, 1.82) is 0 Å². The molecule has 0 fully saturated rings. The third-order valence-corrected chi connectivity index (χ3v) is 1.31. The van der Waals surface area contributed by atoms with E-state index in [1.807, 2.05) is 0 Å². The van der Waals surface area contributed by atoms with Crippen molar-refractivity contribution >= 4 is 0 Å². The Balaban J connectivity index is 2.51. The van der Waals surface area contributed by atoms with Gasteiger partial charge >= 0.3 is 0 Å². The van der Waals surface area contributed by atoms with Crippen LogP contribution in [0.2, 0.25) is 0 Å². The second kappa shape index (κ2) is 2.68. The Morgan fingerprint density at radius 1 is 1.50 bits per heavy atom. The normalized spacial score (nSPS) is 18.4. The van der Waals surface area contributed by atoms with Gasteiger partial charge in [-0.2, -0.15) is 0 Å². The van der Waals surface area contributed by atoms with E-state index in [2.05, 4.69) is 18.2 Å². The molecule has 1 aliphatic carbocycles. The van der Waals surface area contributed by atoms with Crippen LogP contribution in [0.15, 0.2) is 23.8 Å². The Bertz CT molecular complexity index is 122. The maximum Gasteiger partial charge on any atom is 0.0174 e. The minimum Gasteiger partial charge on any atom is -0.327 e. The van der Waals surface area contributed by atoms with E-state index in [0.717, 1.165) is 0 Å². The molecule has 1 aliphatic rings. The van der Waals surface area contributed by atoms with Crippen molar-refractivity contribution in [2.24, 2.45) is 5.73 Å². The molecule has 0 heterocycles. The predicted molar refractivity (Wildman–Crippen MR) is 35.5 cm³/mol. The highest BCUT2D eigenvalue weighted by atomic mass is 14.5. The van der Waals surface area contributed by atoms with E-state index in [-0.39, 0.29) is 0 Å². The van der Waals surface area contributed by atoms with Gasteiger partial charge in [0.25, 0.3) is 0 Å². The molecule has 0 unspecified atom stereocenters. The second-order valence-electron chi connectivity index (χ2n) is 1.96. The molecule has 1 rings (SSSR count). The molecule has 0 spiro atoms. The number of hydrogen-bond donors (Lipinski definition) is 1. The molecular weight excluding hydrogens is 98.1 g/mol. The molecule has 44 valence electrons. The summed E-state index contributed by atoms with van der Waals surface area (Å²) in [4.78, 5) is 0. The standard InChI is InChI=1S/C7H11N/c8-6-7-4-2-1-3-5-7/h2,4-5H,1,3,6,8H2. The van der Waals surface area contributed by atoms with Crippen LogP contribution in [0.3, 0.4) is 0 Å². The summed E-state index contributed by atoms with van der Waals surface area (Å²) in [6, 6.07) is 0. The summed E-state index contributed by atoms with van der Waals surface area (Å²) in [6.45, 7) is 0.691. The molecule has 8 heavy (non-hydrogen) atoms. The van der Waals surface area contributed by atoms with E-state index in [1.54, 1.807) is 0 Å². The van der Waals surface area contributed by atoms with Gasteiger partial charge in [0.15, 0.2) is 0 Å². The van der Waals surface area contributed by atoms with Crippen molar-refractivity contribution in [2.45, 2.75) is 12.8 Å². The van der Waals surface area contributed by atoms with Crippen molar-refractivity contribution in [3.8, 4) is 0 Å². The maximum absolute atomic E-state index is 5.38. The number of allylic oxidation sites excluding steroid dienone is 2. The summed E-state index contributed by atoms with van der Waals surface area (Å²) in [5.74, 6) is 0. The Morgan fingerprint density at radius 3 is 2.75 bits per heavy atom. The Kier molecular flexibility index (Phi) is 1.86. The fourth-order valence-electron chi connectivity index (χ4n) is 0.819. The molecule has 0 aromatic carbocycles. The fourth-order valence-corrected chi connectivity index (χ4v) is 0.819. The van der Waals surface area contributed by atoms with E-state index >= 15 is 0 Å². The molecule has 0 aromatic rings. The smallest absolute Gasteiger partial charge is 0.0174 e. The van der Waals surface area contributed by atoms with Gasteiger partial charge < -0.3 is 5.73 Å². The highest BCUT2D eigenvalue weighted by Crippen LogP contribution is 2.06. The molecule has 0 bridgehead atoms. The lowest BCUT2D eigenvalue weighted by molar-refractivity contribution is 0.995. The molecule has 0 atom stereocenters. The van der Waals surface area contributed by atoms with Gasteiger partial charge in [0, 0.05) is 6.54 Å². The maximum atomic E-state index is 5.38. The van der Waals surface area contributed by atoms with Crippen molar-refractivity contribution in [1.82, 2.24) is 0 Å². The van der Waals surface area contributed by atoms with Gasteiger partial charge in [0.2, 0.25) is 0 Å². The fraction of sp³-hybridized carbons (Fsp3) is 0.429. The molecular formula is C7H11N. The quantitative estimate of drug-likeness (QED) is 0.538. The second-order valence-corrected chi connectivity index (χ2v) is 1.96. The minimum absolute atomic E-state index is 0.691. The van der Waals surface area contributed by atoms with E-state index in [0.29, 0.717) is 6.54 Å². The van der Waals surface area contributed by atoms with E-state index < -0.39 is 0 Å². The number of nitrogens with two attached hydrogens (primary N) is 1. The van der Waals surface area contributed by atoms with Crippen LogP contribution in [0.5, 0.6) is 0 Å². The zero-order valence-corrected chi connectivity index (χ0v) is 4.93. The van der Waals surface area contributed by atoms with E-state index in [4.69, 9.17) is 5.73 Å². The monoisotopic (exact) mass is 109 g/mol. The average molecular weight is 109 g/mol. The minimum atomic E-state index is 0.691. The third kappa shape index (κ3) is 1.20. The lowest BCUT2D eigenvalue weighted by Gasteiger charge is -2.01. The first-order chi connectivity index (χ1) is 3.93. The van der Waals surface area contributed by atoms with Crippen LogP contribution >= 0.6 is 0 Å². The Morgan fingerprint density at radius 2 is 2.38 bits per heavy atom. The van der Waals surface area contributed by atoms with Crippen molar-refractivity contribution in [3.63, 3.8) is 0 Å². The summed E-state index contributed by atoms with van der Waals surface area (Å²) >= 11 is 0. The number of rotatable bonds is 1. The largest absolute Gasteiger partial charge is 0.327 e. The van der Waals surface area contributed by atoms with Crippen LogP contribution in [0, 0.1) is 0 Å². The zero-order chi connectivity index (χ0) is 5.82. The molecule has 0 aromatic heterocycles. The number of hydrogen-bond acceptors (Lipinski definition) is 1. The van der Waals surface area contributed by atoms with Crippen LogP contribution in [-0.2, 0) is 0 Å². The van der Waals surface area contributed by atoms with Crippen LogP contribution in [-0.4, -0.2) is 6.54 Å². The van der Waals surface area contributed by atoms with Gasteiger partial charge in [-0.15, -0.1) is 0 Å². The summed E-state index contributed by atoms with van der Waals surface area (Å²) in [5.41, 5.74) is 6.66. The van der Waals surface area contributed by atoms with Gasteiger partial charge in [-0.25, -0.2) is 0 Å². The summed E-state index contributed by atoms with van der Waals surface area (Å²) < 4.78 is 0. The first-order valence-electron chi connectivity index (χ1n) is 2.99. The van der Waals surface area contributed by atoms with E-state index in [9.17, 15) is 0 Å². The molecule has 0 saturated carbocycles. The summed E-state index contributed by atoms with van der Waals surface area (Å²) in [5, 5.41) is 0. The average Bonchev–Trinajstić information content (AvgIpc) is 1.90. The molecule has 1 heteroatoms. The third-order valence-electron chi connectivity index (χ3n) is 1.31. The van der Waals surface area contributed by atoms with Gasteiger partial charge in [-0.05, 0) is 18.4 Å². The van der Waals surface area contributed by atoms with Crippen LogP contribution in [0.1, 0.15) is 12.8 Å². The van der Waals surface area contributed by atoms with Gasteiger partial charge in [-0.3, -0.25) is 0 Å². The van der Waals surface area contributed by atoms with Crippen LogP contribution < -0.4 is 5.73 Å². The predicted octanol–water partition coefficient (Wildman–Crippen LogP) is 1.22. The SMILES string of the molecule is NCC1=CCCC=C1. The Hall–Kier alpha value is -0.560. The van der Waals surface area contributed by atoms with Gasteiger partial charge in [0.05, 0.1) is 0 Å². The molecule has 1 nitrogen and oxygen atoms in total.